The summed E-state index contributed by atoms with van der Waals surface area (Å²) in [5, 5.41) is -0.596. The maximum Gasteiger partial charge on any atom is 0.221 e. The van der Waals surface area contributed by atoms with Gasteiger partial charge in [0.05, 0.1) is 0 Å². The molecule has 178 valence electrons. The first-order valence-electron chi connectivity index (χ1n) is 11.7. The van der Waals surface area contributed by atoms with Crippen molar-refractivity contribution in [3.8, 4) is 0 Å². The molecule has 0 aliphatic carbocycles. The van der Waals surface area contributed by atoms with Crippen LogP contribution in [0.2, 0.25) is 0 Å². The summed E-state index contributed by atoms with van der Waals surface area (Å²) in [6, 6.07) is 14.2. The van der Waals surface area contributed by atoms with E-state index in [9.17, 15) is 13.2 Å². The topological polar surface area (TPSA) is 60.9 Å². The van der Waals surface area contributed by atoms with Crippen LogP contribution in [0, 0.1) is 5.82 Å². The SMILES string of the molecule is CC[C@H]1CCC(c2ccccc2)S(=O)(=O)N1Cc1ccc(N2CCN(C(C)=O)CC2)cc1F. The highest BCUT2D eigenvalue weighted by Crippen LogP contribution is 2.39. The number of amides is 1. The van der Waals surface area contributed by atoms with E-state index < -0.39 is 21.1 Å². The minimum atomic E-state index is -3.62. The van der Waals surface area contributed by atoms with Crippen molar-refractivity contribution in [2.45, 2.75) is 50.9 Å². The molecule has 1 unspecified atom stereocenters. The molecular formula is C25H32FN3O3S. The quantitative estimate of drug-likeness (QED) is 0.660. The minimum absolute atomic E-state index is 0.0361. The van der Waals surface area contributed by atoms with Crippen molar-refractivity contribution < 1.29 is 17.6 Å². The molecule has 2 aliphatic heterocycles. The lowest BCUT2D eigenvalue weighted by molar-refractivity contribution is -0.129. The number of carbonyl (C=O) groups excluding carboxylic acids is 1. The highest BCUT2D eigenvalue weighted by molar-refractivity contribution is 7.89. The maximum absolute atomic E-state index is 15.2. The molecule has 0 spiro atoms. The Labute approximate surface area is 196 Å². The molecule has 2 aliphatic rings. The smallest absolute Gasteiger partial charge is 0.221 e. The van der Waals surface area contributed by atoms with E-state index in [0.29, 0.717) is 44.6 Å². The summed E-state index contributed by atoms with van der Waals surface area (Å²) in [5.41, 5.74) is 1.93. The number of halogens is 1. The highest BCUT2D eigenvalue weighted by Gasteiger charge is 2.41. The second-order valence-corrected chi connectivity index (χ2v) is 11.0. The number of hydrogen-bond acceptors (Lipinski definition) is 4. The van der Waals surface area contributed by atoms with E-state index in [0.717, 1.165) is 17.7 Å². The van der Waals surface area contributed by atoms with Gasteiger partial charge in [0.2, 0.25) is 15.9 Å². The van der Waals surface area contributed by atoms with Crippen LogP contribution < -0.4 is 4.90 Å². The molecule has 2 aromatic carbocycles. The maximum atomic E-state index is 15.2. The van der Waals surface area contributed by atoms with Gasteiger partial charge in [-0.15, -0.1) is 0 Å². The molecular weight excluding hydrogens is 441 g/mol. The Bertz CT molecular complexity index is 1090. The molecule has 2 heterocycles. The molecule has 0 bridgehead atoms. The Morgan fingerprint density at radius 1 is 1.03 bits per heavy atom. The third-order valence-electron chi connectivity index (χ3n) is 6.95. The zero-order valence-electron chi connectivity index (χ0n) is 19.3. The van der Waals surface area contributed by atoms with E-state index in [-0.39, 0.29) is 18.5 Å². The van der Waals surface area contributed by atoms with Crippen LogP contribution >= 0.6 is 0 Å². The molecule has 4 rings (SSSR count). The molecule has 33 heavy (non-hydrogen) atoms. The Morgan fingerprint density at radius 3 is 2.33 bits per heavy atom. The van der Waals surface area contributed by atoms with Gasteiger partial charge in [-0.1, -0.05) is 43.3 Å². The molecule has 2 aromatic rings. The number of benzene rings is 2. The van der Waals surface area contributed by atoms with Gasteiger partial charge in [0, 0.05) is 56.9 Å². The normalized spacial score (nSPS) is 23.5. The predicted octanol–water partition coefficient (Wildman–Crippen LogP) is 3.94. The molecule has 0 radical (unpaired) electrons. The van der Waals surface area contributed by atoms with E-state index in [4.69, 9.17) is 0 Å². The first kappa shape index (κ1) is 23.7. The largest absolute Gasteiger partial charge is 0.368 e. The molecule has 2 saturated heterocycles. The van der Waals surface area contributed by atoms with Crippen LogP contribution in [0.5, 0.6) is 0 Å². The minimum Gasteiger partial charge on any atom is -0.368 e. The van der Waals surface area contributed by atoms with Crippen LogP contribution in [0.1, 0.15) is 49.5 Å². The summed E-state index contributed by atoms with van der Waals surface area (Å²) < 4.78 is 43.8. The van der Waals surface area contributed by atoms with Crippen LogP contribution in [0.3, 0.4) is 0 Å². The Hall–Kier alpha value is -2.45. The Kier molecular flexibility index (Phi) is 7.05. The average Bonchev–Trinajstić information content (AvgIpc) is 2.81. The van der Waals surface area contributed by atoms with Crippen LogP contribution in [0.4, 0.5) is 10.1 Å². The fourth-order valence-electron chi connectivity index (χ4n) is 4.95. The van der Waals surface area contributed by atoms with Gasteiger partial charge in [-0.25, -0.2) is 12.8 Å². The molecule has 8 heteroatoms. The van der Waals surface area contributed by atoms with E-state index in [1.54, 1.807) is 17.9 Å². The lowest BCUT2D eigenvalue weighted by Gasteiger charge is -2.39. The van der Waals surface area contributed by atoms with Crippen molar-refractivity contribution in [2.24, 2.45) is 0 Å². The molecule has 6 nitrogen and oxygen atoms in total. The second-order valence-electron chi connectivity index (χ2n) is 8.90. The Balaban J connectivity index is 1.53. The van der Waals surface area contributed by atoms with Gasteiger partial charge in [0.1, 0.15) is 11.1 Å². The predicted molar refractivity (Wildman–Crippen MR) is 128 cm³/mol. The zero-order chi connectivity index (χ0) is 23.6. The molecule has 0 saturated carbocycles. The van der Waals surface area contributed by atoms with Crippen molar-refractivity contribution in [3.63, 3.8) is 0 Å². The monoisotopic (exact) mass is 473 g/mol. The number of piperazine rings is 1. The summed E-state index contributed by atoms with van der Waals surface area (Å²) in [5.74, 6) is -0.341. The van der Waals surface area contributed by atoms with Gasteiger partial charge >= 0.3 is 0 Å². The first-order chi connectivity index (χ1) is 15.8. The first-order valence-corrected chi connectivity index (χ1v) is 13.2. The van der Waals surface area contributed by atoms with E-state index >= 15 is 4.39 Å². The summed E-state index contributed by atoms with van der Waals surface area (Å²) in [6.07, 6.45) is 2.03. The van der Waals surface area contributed by atoms with Crippen molar-refractivity contribution in [3.05, 3.63) is 65.5 Å². The number of anilines is 1. The molecule has 1 amide bonds. The van der Waals surface area contributed by atoms with Crippen LogP contribution in [0.15, 0.2) is 48.5 Å². The van der Waals surface area contributed by atoms with Crippen LogP contribution in [-0.4, -0.2) is 55.8 Å². The number of carbonyl (C=O) groups is 1. The summed E-state index contributed by atoms with van der Waals surface area (Å²) >= 11 is 0. The second kappa shape index (κ2) is 9.81. The van der Waals surface area contributed by atoms with Crippen molar-refractivity contribution in [1.29, 1.82) is 0 Å². The van der Waals surface area contributed by atoms with Gasteiger partial charge in [-0.3, -0.25) is 4.79 Å². The van der Waals surface area contributed by atoms with Gasteiger partial charge in [-0.05, 0) is 37.0 Å². The summed E-state index contributed by atoms with van der Waals surface area (Å²) in [4.78, 5) is 15.4. The van der Waals surface area contributed by atoms with E-state index in [1.807, 2.05) is 43.3 Å². The standard InChI is InChI=1S/C25H32FN3O3S/c1-3-22-11-12-25(20-7-5-4-6-8-20)33(31,32)29(22)18-21-9-10-23(17-24(21)26)28-15-13-27(14-16-28)19(2)30/h4-10,17,22,25H,3,11-16,18H2,1-2H3/t22-,25?/m0/s1. The third-order valence-corrected chi connectivity index (χ3v) is 9.26. The molecule has 0 aromatic heterocycles. The molecule has 0 N–H and O–H groups in total. The average molecular weight is 474 g/mol. The van der Waals surface area contributed by atoms with Crippen molar-refractivity contribution in [2.75, 3.05) is 31.1 Å². The van der Waals surface area contributed by atoms with E-state index in [1.165, 1.54) is 10.4 Å². The van der Waals surface area contributed by atoms with Gasteiger partial charge in [0.15, 0.2) is 0 Å². The highest BCUT2D eigenvalue weighted by atomic mass is 32.2. The lowest BCUT2D eigenvalue weighted by atomic mass is 10.0. The number of sulfonamides is 1. The van der Waals surface area contributed by atoms with Gasteiger partial charge in [0.25, 0.3) is 0 Å². The molecule has 2 atom stereocenters. The number of nitrogens with zero attached hydrogens (tertiary/aromatic N) is 3. The summed E-state index contributed by atoms with van der Waals surface area (Å²) in [7, 11) is -3.62. The van der Waals surface area contributed by atoms with Crippen LogP contribution in [-0.2, 0) is 21.4 Å². The summed E-state index contributed by atoms with van der Waals surface area (Å²) in [6.45, 7) is 6.11. The number of rotatable bonds is 5. The molecule has 2 fully saturated rings. The van der Waals surface area contributed by atoms with Crippen molar-refractivity contribution >= 4 is 21.6 Å². The third kappa shape index (κ3) is 4.92. The van der Waals surface area contributed by atoms with E-state index in [2.05, 4.69) is 4.90 Å². The Morgan fingerprint density at radius 2 is 1.73 bits per heavy atom. The number of hydrogen-bond donors (Lipinski definition) is 0. The fraction of sp³-hybridized carbons (Fsp3) is 0.480. The lowest BCUT2D eigenvalue weighted by Crippen LogP contribution is -2.48. The zero-order valence-corrected chi connectivity index (χ0v) is 20.1. The van der Waals surface area contributed by atoms with Gasteiger partial charge in [-0.2, -0.15) is 4.31 Å². The van der Waals surface area contributed by atoms with Crippen molar-refractivity contribution in [1.82, 2.24) is 9.21 Å². The van der Waals surface area contributed by atoms with Crippen LogP contribution in [0.25, 0.3) is 0 Å². The van der Waals surface area contributed by atoms with Gasteiger partial charge < -0.3 is 9.80 Å². The fourth-order valence-corrected chi connectivity index (χ4v) is 7.20.